The topological polar surface area (TPSA) is 65.9 Å². The van der Waals surface area contributed by atoms with Gasteiger partial charge in [0.15, 0.2) is 0 Å². The zero-order chi connectivity index (χ0) is 31.6. The van der Waals surface area contributed by atoms with Crippen molar-refractivity contribution in [3.63, 3.8) is 0 Å². The number of morpholine rings is 1. The first-order valence-electron chi connectivity index (χ1n) is 17.5. The molecular weight excluding hydrogens is 560 g/mol. The fourth-order valence-electron chi connectivity index (χ4n) is 8.17. The van der Waals surface area contributed by atoms with Gasteiger partial charge in [-0.05, 0) is 77.1 Å². The fraction of sp³-hybridized carbons (Fsp3) is 0.622. The molecular formula is C37H54N6O2. The molecule has 244 valence electrons. The Balaban J connectivity index is 1.21. The molecule has 3 aliphatic rings. The van der Waals surface area contributed by atoms with Crippen molar-refractivity contribution in [3.8, 4) is 0 Å². The average Bonchev–Trinajstić information content (AvgIpc) is 3.03. The molecule has 1 aromatic heterocycles. The van der Waals surface area contributed by atoms with Crippen LogP contribution in [0.1, 0.15) is 77.7 Å². The van der Waals surface area contributed by atoms with Gasteiger partial charge in [-0.2, -0.15) is 0 Å². The Labute approximate surface area is 269 Å². The SMILES string of the molecule is CCC[C@@H](c1nc2ccc(N3C[C@@H](C)OC4(CCN(CCc5ccccc5)CC4)C3)cc2c(=O)n1CC)N1C[C@@H](C)N[C@@H](C)C1. The summed E-state index contributed by atoms with van der Waals surface area (Å²) in [6.07, 6.45) is 5.34. The molecule has 4 heterocycles. The summed E-state index contributed by atoms with van der Waals surface area (Å²) < 4.78 is 8.65. The maximum Gasteiger partial charge on any atom is 0.261 e. The number of fused-ring (bicyclic) bond motifs is 1. The average molecular weight is 615 g/mol. The number of rotatable bonds is 9. The van der Waals surface area contributed by atoms with Gasteiger partial charge in [-0.1, -0.05) is 43.7 Å². The summed E-state index contributed by atoms with van der Waals surface area (Å²) in [7, 11) is 0. The minimum absolute atomic E-state index is 0.0828. The van der Waals surface area contributed by atoms with Crippen molar-refractivity contribution >= 4 is 16.6 Å². The lowest BCUT2D eigenvalue weighted by Gasteiger charge is -2.50. The van der Waals surface area contributed by atoms with Crippen LogP contribution in [0.5, 0.6) is 0 Å². The van der Waals surface area contributed by atoms with Crippen LogP contribution < -0.4 is 15.8 Å². The molecule has 0 unspecified atom stereocenters. The maximum absolute atomic E-state index is 14.1. The van der Waals surface area contributed by atoms with E-state index >= 15 is 0 Å². The summed E-state index contributed by atoms with van der Waals surface area (Å²) in [5.74, 6) is 0.920. The number of hydrogen-bond donors (Lipinski definition) is 1. The van der Waals surface area contributed by atoms with Gasteiger partial charge in [0.25, 0.3) is 5.56 Å². The molecule has 1 spiro atoms. The quantitative estimate of drug-likeness (QED) is 0.354. The summed E-state index contributed by atoms with van der Waals surface area (Å²) in [6.45, 7) is 18.5. The van der Waals surface area contributed by atoms with Gasteiger partial charge in [-0.25, -0.2) is 4.98 Å². The lowest BCUT2D eigenvalue weighted by molar-refractivity contribution is -0.126. The molecule has 2 aromatic carbocycles. The maximum atomic E-state index is 14.1. The Morgan fingerprint density at radius 1 is 1.00 bits per heavy atom. The lowest BCUT2D eigenvalue weighted by atomic mass is 9.88. The Morgan fingerprint density at radius 3 is 2.42 bits per heavy atom. The van der Waals surface area contributed by atoms with Crippen LogP contribution in [-0.2, 0) is 17.7 Å². The van der Waals surface area contributed by atoms with Gasteiger partial charge < -0.3 is 19.9 Å². The molecule has 1 N–H and O–H groups in total. The lowest BCUT2D eigenvalue weighted by Crippen LogP contribution is -2.59. The van der Waals surface area contributed by atoms with Crippen molar-refractivity contribution in [2.24, 2.45) is 0 Å². The largest absolute Gasteiger partial charge is 0.368 e. The molecule has 0 radical (unpaired) electrons. The standard InChI is InChI=1S/C37H54N6O2/c1-6-11-34(41-23-27(3)38-28(4)24-41)35-39-33-15-14-31(22-32(33)36(44)43(35)7-2)42-25-29(5)45-37(26-42)17-20-40(21-18-37)19-16-30-12-9-8-10-13-30/h8-10,12-15,22,27-29,34,38H,6-7,11,16-21,23-26H2,1-5H3/t27-,28+,29-,34+/m1/s1. The fourth-order valence-corrected chi connectivity index (χ4v) is 8.17. The third-order valence-corrected chi connectivity index (χ3v) is 10.3. The van der Waals surface area contributed by atoms with Crippen molar-refractivity contribution in [1.82, 2.24) is 24.7 Å². The van der Waals surface area contributed by atoms with Gasteiger partial charge in [0.05, 0.1) is 28.6 Å². The number of nitrogens with zero attached hydrogens (tertiary/aromatic N) is 5. The molecule has 0 bridgehead atoms. The normalized spacial score (nSPS) is 25.2. The van der Waals surface area contributed by atoms with E-state index in [9.17, 15) is 4.79 Å². The Bertz CT molecular complexity index is 1470. The second-order valence-electron chi connectivity index (χ2n) is 14.0. The number of likely N-dealkylation sites (tertiary alicyclic amines) is 1. The molecule has 3 aliphatic heterocycles. The van der Waals surface area contributed by atoms with Crippen molar-refractivity contribution in [2.45, 2.75) is 103 Å². The predicted octanol–water partition coefficient (Wildman–Crippen LogP) is 5.24. The van der Waals surface area contributed by atoms with E-state index in [1.807, 2.05) is 4.57 Å². The van der Waals surface area contributed by atoms with Crippen LogP contribution in [0.3, 0.4) is 0 Å². The molecule has 0 amide bonds. The van der Waals surface area contributed by atoms with Gasteiger partial charge in [0.1, 0.15) is 5.82 Å². The monoisotopic (exact) mass is 614 g/mol. The molecule has 3 fully saturated rings. The molecule has 4 atom stereocenters. The number of aromatic nitrogens is 2. The summed E-state index contributed by atoms with van der Waals surface area (Å²) in [5, 5.41) is 4.38. The smallest absolute Gasteiger partial charge is 0.261 e. The Hall–Kier alpha value is -2.78. The number of hydrogen-bond acceptors (Lipinski definition) is 7. The van der Waals surface area contributed by atoms with Crippen LogP contribution in [0.2, 0.25) is 0 Å². The van der Waals surface area contributed by atoms with Crippen LogP contribution in [0, 0.1) is 0 Å². The van der Waals surface area contributed by atoms with Crippen LogP contribution >= 0.6 is 0 Å². The highest BCUT2D eigenvalue weighted by Gasteiger charge is 2.42. The van der Waals surface area contributed by atoms with Crippen molar-refractivity contribution in [3.05, 3.63) is 70.3 Å². The van der Waals surface area contributed by atoms with Gasteiger partial charge in [-0.15, -0.1) is 0 Å². The highest BCUT2D eigenvalue weighted by atomic mass is 16.5. The van der Waals surface area contributed by atoms with E-state index in [4.69, 9.17) is 9.72 Å². The number of benzene rings is 2. The van der Waals surface area contributed by atoms with Gasteiger partial charge >= 0.3 is 0 Å². The predicted molar refractivity (Wildman–Crippen MR) is 184 cm³/mol. The number of piperazine rings is 1. The highest BCUT2D eigenvalue weighted by molar-refractivity contribution is 5.82. The van der Waals surface area contributed by atoms with Crippen molar-refractivity contribution in [1.29, 1.82) is 0 Å². The van der Waals surface area contributed by atoms with Crippen LogP contribution in [0.25, 0.3) is 10.9 Å². The van der Waals surface area contributed by atoms with Gasteiger partial charge in [-0.3, -0.25) is 14.3 Å². The number of nitrogens with one attached hydrogen (secondary N) is 1. The number of ether oxygens (including phenoxy) is 1. The van der Waals surface area contributed by atoms with Crippen LogP contribution in [0.15, 0.2) is 53.3 Å². The summed E-state index contributed by atoms with van der Waals surface area (Å²) in [5.41, 5.74) is 3.25. The second-order valence-corrected chi connectivity index (χ2v) is 14.0. The van der Waals surface area contributed by atoms with E-state index in [2.05, 4.69) is 103 Å². The Kier molecular flexibility index (Phi) is 9.95. The van der Waals surface area contributed by atoms with E-state index in [0.29, 0.717) is 18.6 Å². The van der Waals surface area contributed by atoms with E-state index in [1.165, 1.54) is 5.56 Å². The van der Waals surface area contributed by atoms with Crippen molar-refractivity contribution < 1.29 is 4.74 Å². The molecule has 0 saturated carbocycles. The first-order valence-corrected chi connectivity index (χ1v) is 17.5. The van der Waals surface area contributed by atoms with Gasteiger partial charge in [0.2, 0.25) is 0 Å². The van der Waals surface area contributed by atoms with Crippen LogP contribution in [0.4, 0.5) is 5.69 Å². The Morgan fingerprint density at radius 2 is 1.73 bits per heavy atom. The van der Waals surface area contributed by atoms with E-state index in [-0.39, 0.29) is 23.3 Å². The zero-order valence-electron chi connectivity index (χ0n) is 28.2. The summed E-state index contributed by atoms with van der Waals surface area (Å²) >= 11 is 0. The number of anilines is 1. The van der Waals surface area contributed by atoms with E-state index < -0.39 is 0 Å². The van der Waals surface area contributed by atoms with E-state index in [1.54, 1.807) is 0 Å². The van der Waals surface area contributed by atoms with Gasteiger partial charge in [0, 0.05) is 70.1 Å². The minimum Gasteiger partial charge on any atom is -0.368 e. The molecule has 6 rings (SSSR count). The third-order valence-electron chi connectivity index (χ3n) is 10.3. The second kappa shape index (κ2) is 13.9. The molecule has 8 nitrogen and oxygen atoms in total. The first-order chi connectivity index (χ1) is 21.8. The molecule has 8 heteroatoms. The summed E-state index contributed by atoms with van der Waals surface area (Å²) in [6, 6.07) is 18.1. The van der Waals surface area contributed by atoms with Crippen LogP contribution in [-0.4, -0.2) is 89.0 Å². The third kappa shape index (κ3) is 7.14. The van der Waals surface area contributed by atoms with E-state index in [0.717, 1.165) is 100 Å². The molecule has 3 aromatic rings. The first kappa shape index (κ1) is 32.2. The zero-order valence-corrected chi connectivity index (χ0v) is 28.2. The summed E-state index contributed by atoms with van der Waals surface area (Å²) in [4.78, 5) is 27.0. The van der Waals surface area contributed by atoms with Crippen molar-refractivity contribution in [2.75, 3.05) is 50.7 Å². The highest BCUT2D eigenvalue weighted by Crippen LogP contribution is 2.35. The molecule has 0 aliphatic carbocycles. The molecule has 3 saturated heterocycles. The minimum atomic E-state index is -0.146. The number of piperidine rings is 1. The molecule has 45 heavy (non-hydrogen) atoms.